The second-order valence-electron chi connectivity index (χ2n) is 5.05. The summed E-state index contributed by atoms with van der Waals surface area (Å²) in [6, 6.07) is 6.76. The van der Waals surface area contributed by atoms with Crippen LogP contribution in [-0.4, -0.2) is 68.4 Å². The molecule has 0 radical (unpaired) electrons. The van der Waals surface area contributed by atoms with Crippen LogP contribution in [0, 0.1) is 0 Å². The number of hydrogen-bond acceptors (Lipinski definition) is 6. The lowest BCUT2D eigenvalue weighted by molar-refractivity contribution is 0.268. The zero-order valence-corrected chi connectivity index (χ0v) is 14.1. The van der Waals surface area contributed by atoms with Crippen LogP contribution in [0.2, 0.25) is 0 Å². The molecule has 0 aromatic heterocycles. The average Bonchev–Trinajstić information content (AvgIpc) is 3.09. The summed E-state index contributed by atoms with van der Waals surface area (Å²) in [6.45, 7) is 3.17. The zero-order chi connectivity index (χ0) is 15.6. The van der Waals surface area contributed by atoms with Gasteiger partial charge in [0.1, 0.15) is 10.6 Å². The lowest BCUT2D eigenvalue weighted by Crippen LogP contribution is -2.49. The Morgan fingerprint density at radius 3 is 2.55 bits per heavy atom. The van der Waals surface area contributed by atoms with Gasteiger partial charge < -0.3 is 9.64 Å². The maximum absolute atomic E-state index is 12.8. The molecule has 3 rings (SSSR count). The van der Waals surface area contributed by atoms with Crippen molar-refractivity contribution >= 4 is 27.0 Å². The molecule has 0 unspecified atom stereocenters. The molecule has 0 aliphatic carbocycles. The van der Waals surface area contributed by atoms with Gasteiger partial charge in [-0.3, -0.25) is 4.99 Å². The highest BCUT2D eigenvalue weighted by Crippen LogP contribution is 2.27. The van der Waals surface area contributed by atoms with Crippen LogP contribution in [0.4, 0.5) is 0 Å². The molecule has 1 saturated heterocycles. The third kappa shape index (κ3) is 2.95. The van der Waals surface area contributed by atoms with Crippen molar-refractivity contribution in [3.8, 4) is 5.75 Å². The minimum atomic E-state index is -3.52. The van der Waals surface area contributed by atoms with Gasteiger partial charge in [-0.1, -0.05) is 23.9 Å². The Morgan fingerprint density at radius 1 is 1.18 bits per heavy atom. The SMILES string of the molecule is COc1ccccc1S(=O)(=O)N1CCN(C2=NCCS2)CC1. The summed E-state index contributed by atoms with van der Waals surface area (Å²) in [5, 5.41) is 1.05. The Labute approximate surface area is 135 Å². The van der Waals surface area contributed by atoms with Crippen LogP contribution >= 0.6 is 11.8 Å². The third-order valence-corrected chi connectivity index (χ3v) is 6.74. The van der Waals surface area contributed by atoms with Gasteiger partial charge >= 0.3 is 0 Å². The number of amidine groups is 1. The van der Waals surface area contributed by atoms with Crippen molar-refractivity contribution in [3.05, 3.63) is 24.3 Å². The number of aliphatic imine (C=N–C) groups is 1. The fraction of sp³-hybridized carbons (Fsp3) is 0.500. The molecule has 0 N–H and O–H groups in total. The number of thioether (sulfide) groups is 1. The molecule has 2 aliphatic rings. The van der Waals surface area contributed by atoms with E-state index in [1.165, 1.54) is 11.4 Å². The van der Waals surface area contributed by atoms with Gasteiger partial charge in [-0.25, -0.2) is 8.42 Å². The summed E-state index contributed by atoms with van der Waals surface area (Å²) in [7, 11) is -2.03. The molecule has 1 aromatic rings. The zero-order valence-electron chi connectivity index (χ0n) is 12.4. The summed E-state index contributed by atoms with van der Waals surface area (Å²) in [5.74, 6) is 1.41. The third-order valence-electron chi connectivity index (χ3n) is 3.77. The highest BCUT2D eigenvalue weighted by Gasteiger charge is 2.31. The lowest BCUT2D eigenvalue weighted by Gasteiger charge is -2.34. The molecule has 8 heteroatoms. The number of methoxy groups -OCH3 is 1. The van der Waals surface area contributed by atoms with E-state index in [1.807, 2.05) is 0 Å². The summed E-state index contributed by atoms with van der Waals surface area (Å²) >= 11 is 1.75. The lowest BCUT2D eigenvalue weighted by atomic mass is 10.3. The van der Waals surface area contributed by atoms with Gasteiger partial charge in [0.2, 0.25) is 10.0 Å². The Balaban J connectivity index is 1.74. The van der Waals surface area contributed by atoms with E-state index in [1.54, 1.807) is 36.0 Å². The summed E-state index contributed by atoms with van der Waals surface area (Å²) in [6.07, 6.45) is 0. The standard InChI is InChI=1S/C14H19N3O3S2/c1-20-12-4-2-3-5-13(12)22(18,19)17-9-7-16(8-10-17)14-15-6-11-21-14/h2-5H,6-11H2,1H3. The van der Waals surface area contributed by atoms with Gasteiger partial charge in [-0.05, 0) is 12.1 Å². The predicted octanol–water partition coefficient (Wildman–Crippen LogP) is 1.10. The molecule has 1 aromatic carbocycles. The monoisotopic (exact) mass is 341 g/mol. The van der Waals surface area contributed by atoms with E-state index >= 15 is 0 Å². The smallest absolute Gasteiger partial charge is 0.246 e. The number of hydrogen-bond donors (Lipinski definition) is 0. The maximum atomic E-state index is 12.8. The summed E-state index contributed by atoms with van der Waals surface area (Å²) in [4.78, 5) is 6.86. The number of rotatable bonds is 3. The Bertz CT molecular complexity index is 668. The minimum Gasteiger partial charge on any atom is -0.495 e. The van der Waals surface area contributed by atoms with Crippen molar-refractivity contribution < 1.29 is 13.2 Å². The van der Waals surface area contributed by atoms with Gasteiger partial charge in [-0.15, -0.1) is 0 Å². The van der Waals surface area contributed by atoms with E-state index in [0.717, 1.165) is 17.5 Å². The molecule has 0 atom stereocenters. The van der Waals surface area contributed by atoms with Crippen LogP contribution in [0.1, 0.15) is 0 Å². The first-order valence-corrected chi connectivity index (χ1v) is 9.61. The number of nitrogens with zero attached hydrogens (tertiary/aromatic N) is 3. The van der Waals surface area contributed by atoms with Crippen LogP contribution in [0.5, 0.6) is 5.75 Å². The van der Waals surface area contributed by atoms with Crippen LogP contribution in [0.3, 0.4) is 0 Å². The molecule has 0 bridgehead atoms. The Hall–Kier alpha value is -1.25. The molecule has 1 fully saturated rings. The quantitative estimate of drug-likeness (QED) is 0.824. The van der Waals surface area contributed by atoms with E-state index in [4.69, 9.17) is 4.74 Å². The van der Waals surface area contributed by atoms with Crippen molar-refractivity contribution in [1.29, 1.82) is 0 Å². The van der Waals surface area contributed by atoms with Crippen LogP contribution in [-0.2, 0) is 10.0 Å². The van der Waals surface area contributed by atoms with Gasteiger partial charge in [-0.2, -0.15) is 4.31 Å². The fourth-order valence-corrected chi connectivity index (χ4v) is 5.10. The number of para-hydroxylation sites is 1. The second kappa shape index (κ2) is 6.47. The van der Waals surface area contributed by atoms with Crippen molar-refractivity contribution in [2.24, 2.45) is 4.99 Å². The topological polar surface area (TPSA) is 62.2 Å². The van der Waals surface area contributed by atoms with Crippen LogP contribution in [0.25, 0.3) is 0 Å². The van der Waals surface area contributed by atoms with E-state index < -0.39 is 10.0 Å². The van der Waals surface area contributed by atoms with Crippen LogP contribution < -0.4 is 4.74 Å². The molecule has 120 valence electrons. The van der Waals surface area contributed by atoms with Gasteiger partial charge in [0.05, 0.1) is 13.7 Å². The first-order chi connectivity index (χ1) is 10.6. The van der Waals surface area contributed by atoms with E-state index in [2.05, 4.69) is 9.89 Å². The highest BCUT2D eigenvalue weighted by atomic mass is 32.2. The van der Waals surface area contributed by atoms with Gasteiger partial charge in [0.15, 0.2) is 5.17 Å². The largest absolute Gasteiger partial charge is 0.495 e. The van der Waals surface area contributed by atoms with E-state index in [-0.39, 0.29) is 4.90 Å². The molecule has 22 heavy (non-hydrogen) atoms. The van der Waals surface area contributed by atoms with Gasteiger partial charge in [0.25, 0.3) is 0 Å². The minimum absolute atomic E-state index is 0.235. The van der Waals surface area contributed by atoms with Crippen molar-refractivity contribution in [3.63, 3.8) is 0 Å². The molecule has 2 heterocycles. The fourth-order valence-electron chi connectivity index (χ4n) is 2.61. The summed E-state index contributed by atoms with van der Waals surface area (Å²) < 4.78 is 32.3. The Kier molecular flexibility index (Phi) is 4.60. The van der Waals surface area contributed by atoms with E-state index in [0.29, 0.717) is 31.9 Å². The van der Waals surface area contributed by atoms with Gasteiger partial charge in [0, 0.05) is 31.9 Å². The second-order valence-corrected chi connectivity index (χ2v) is 8.02. The predicted molar refractivity (Wildman–Crippen MR) is 88.1 cm³/mol. The van der Waals surface area contributed by atoms with Crippen molar-refractivity contribution in [2.45, 2.75) is 4.90 Å². The Morgan fingerprint density at radius 2 is 1.91 bits per heavy atom. The number of ether oxygens (including phenoxy) is 1. The van der Waals surface area contributed by atoms with Crippen LogP contribution in [0.15, 0.2) is 34.2 Å². The molecule has 0 saturated carbocycles. The number of piperazine rings is 1. The molecular weight excluding hydrogens is 322 g/mol. The molecule has 2 aliphatic heterocycles. The molecule has 0 amide bonds. The molecule has 6 nitrogen and oxygen atoms in total. The maximum Gasteiger partial charge on any atom is 0.246 e. The van der Waals surface area contributed by atoms with Crippen molar-refractivity contribution in [1.82, 2.24) is 9.21 Å². The first-order valence-electron chi connectivity index (χ1n) is 7.18. The molecule has 0 spiro atoms. The number of sulfonamides is 1. The summed E-state index contributed by atoms with van der Waals surface area (Å²) in [5.41, 5.74) is 0. The van der Waals surface area contributed by atoms with Crippen molar-refractivity contribution in [2.75, 3.05) is 45.6 Å². The highest BCUT2D eigenvalue weighted by molar-refractivity contribution is 8.14. The molecular formula is C14H19N3O3S2. The van der Waals surface area contributed by atoms with E-state index in [9.17, 15) is 8.42 Å². The normalized spacial score (nSPS) is 20.0. The average molecular weight is 341 g/mol. The number of benzene rings is 1. The first kappa shape index (κ1) is 15.6.